The number of carbonyl (C=O) groups excluding carboxylic acids is 2. The lowest BCUT2D eigenvalue weighted by Gasteiger charge is -2.32. The smallest absolute Gasteiger partial charge is 0.258 e. The molecule has 4 rings (SSSR count). The Balaban J connectivity index is 1.37. The van der Waals surface area contributed by atoms with Crippen molar-refractivity contribution in [3.8, 4) is 11.5 Å². The average molecular weight is 563 g/mol. The predicted octanol–water partition coefficient (Wildman–Crippen LogP) is 5.84. The molecule has 0 unspecified atom stereocenters. The van der Waals surface area contributed by atoms with Gasteiger partial charge in [-0.2, -0.15) is 0 Å². The van der Waals surface area contributed by atoms with Crippen LogP contribution in [0.1, 0.15) is 28.8 Å². The molecule has 0 saturated carbocycles. The second-order valence-corrected chi connectivity index (χ2v) is 9.83. The summed E-state index contributed by atoms with van der Waals surface area (Å²) >= 11 is 18.6. The first-order chi connectivity index (χ1) is 17.9. The third-order valence-electron chi connectivity index (χ3n) is 6.26. The van der Waals surface area contributed by atoms with Crippen LogP contribution < -0.4 is 19.7 Å². The lowest BCUT2D eigenvalue weighted by molar-refractivity contribution is -0.124. The molecule has 0 bridgehead atoms. The highest BCUT2D eigenvalue weighted by Gasteiger charge is 2.27. The zero-order chi connectivity index (χ0) is 26.4. The van der Waals surface area contributed by atoms with Crippen LogP contribution in [0.2, 0.25) is 15.1 Å². The SMILES string of the molecule is COc1cc(C(=O)NC(=O)C2CCN(c3ccncc3)CC2)cc(OCCc2ccc(Cl)cc2Cl)c1Cl. The van der Waals surface area contributed by atoms with Gasteiger partial charge in [0.05, 0.1) is 13.7 Å². The van der Waals surface area contributed by atoms with Gasteiger partial charge in [-0.3, -0.25) is 19.9 Å². The van der Waals surface area contributed by atoms with Gasteiger partial charge in [-0.25, -0.2) is 0 Å². The van der Waals surface area contributed by atoms with Crippen molar-refractivity contribution in [1.29, 1.82) is 0 Å². The summed E-state index contributed by atoms with van der Waals surface area (Å²) in [4.78, 5) is 32.0. The van der Waals surface area contributed by atoms with Crippen molar-refractivity contribution >= 4 is 52.3 Å². The highest BCUT2D eigenvalue weighted by Crippen LogP contribution is 2.36. The Morgan fingerprint density at radius 1 is 1.03 bits per heavy atom. The van der Waals surface area contributed by atoms with E-state index < -0.39 is 5.91 Å². The van der Waals surface area contributed by atoms with Crippen molar-refractivity contribution in [2.45, 2.75) is 19.3 Å². The number of piperidine rings is 1. The summed E-state index contributed by atoms with van der Waals surface area (Å²) in [6.07, 6.45) is 5.29. The number of pyridine rings is 1. The number of hydrogen-bond donors (Lipinski definition) is 1. The van der Waals surface area contributed by atoms with Crippen molar-refractivity contribution in [2.75, 3.05) is 31.7 Å². The molecule has 1 aliphatic heterocycles. The standard InChI is InChI=1S/C27H26Cl3N3O4/c1-36-23-14-19(15-24(25(23)30)37-13-8-17-2-3-20(28)16-22(17)29)27(35)32-26(34)18-6-11-33(12-7-18)21-4-9-31-10-5-21/h2-5,9-10,14-16,18H,6-8,11-13H2,1H3,(H,32,34,35). The summed E-state index contributed by atoms with van der Waals surface area (Å²) in [6, 6.07) is 12.1. The third kappa shape index (κ3) is 6.86. The van der Waals surface area contributed by atoms with E-state index in [1.54, 1.807) is 24.5 Å². The number of benzene rings is 2. The number of aromatic nitrogens is 1. The average Bonchev–Trinajstić information content (AvgIpc) is 2.91. The largest absolute Gasteiger partial charge is 0.495 e. The Morgan fingerprint density at radius 2 is 1.73 bits per heavy atom. The van der Waals surface area contributed by atoms with Crippen LogP contribution in [0, 0.1) is 5.92 Å². The van der Waals surface area contributed by atoms with Gasteiger partial charge in [0.1, 0.15) is 16.5 Å². The van der Waals surface area contributed by atoms with E-state index in [1.165, 1.54) is 19.2 Å². The maximum atomic E-state index is 13.0. The van der Waals surface area contributed by atoms with E-state index in [0.29, 0.717) is 29.3 Å². The van der Waals surface area contributed by atoms with E-state index in [9.17, 15) is 9.59 Å². The zero-order valence-electron chi connectivity index (χ0n) is 20.2. The molecule has 1 saturated heterocycles. The molecule has 3 aromatic rings. The van der Waals surface area contributed by atoms with Gasteiger partial charge in [0.25, 0.3) is 5.91 Å². The fraction of sp³-hybridized carbons (Fsp3) is 0.296. The molecule has 10 heteroatoms. The number of rotatable bonds is 8. The molecule has 0 atom stereocenters. The summed E-state index contributed by atoms with van der Waals surface area (Å²) in [5, 5.41) is 3.85. The first kappa shape index (κ1) is 27.0. The highest BCUT2D eigenvalue weighted by molar-refractivity contribution is 6.35. The topological polar surface area (TPSA) is 80.8 Å². The molecule has 37 heavy (non-hydrogen) atoms. The van der Waals surface area contributed by atoms with Crippen molar-refractivity contribution < 1.29 is 19.1 Å². The molecule has 2 heterocycles. The minimum Gasteiger partial charge on any atom is -0.495 e. The minimum absolute atomic E-state index is 0.211. The number of methoxy groups -OCH3 is 1. The Hall–Kier alpha value is -3.00. The van der Waals surface area contributed by atoms with Crippen LogP contribution in [0.4, 0.5) is 5.69 Å². The van der Waals surface area contributed by atoms with Crippen LogP contribution in [-0.4, -0.2) is 43.6 Å². The number of halogens is 3. The van der Waals surface area contributed by atoms with Crippen LogP contribution in [-0.2, 0) is 11.2 Å². The van der Waals surface area contributed by atoms with E-state index >= 15 is 0 Å². The number of ether oxygens (including phenoxy) is 2. The molecular formula is C27H26Cl3N3O4. The molecule has 1 fully saturated rings. The summed E-state index contributed by atoms with van der Waals surface area (Å²) in [7, 11) is 1.45. The monoisotopic (exact) mass is 561 g/mol. The molecule has 194 valence electrons. The number of nitrogens with one attached hydrogen (secondary N) is 1. The number of nitrogens with zero attached hydrogens (tertiary/aromatic N) is 2. The van der Waals surface area contributed by atoms with E-state index in [-0.39, 0.29) is 40.5 Å². The fourth-order valence-corrected chi connectivity index (χ4v) is 4.94. The second kappa shape index (κ2) is 12.5. The first-order valence-corrected chi connectivity index (χ1v) is 12.9. The Bertz CT molecular complexity index is 1270. The molecule has 1 N–H and O–H groups in total. The third-order valence-corrected chi connectivity index (χ3v) is 7.22. The second-order valence-electron chi connectivity index (χ2n) is 8.61. The molecule has 1 aromatic heterocycles. The van der Waals surface area contributed by atoms with Gasteiger partial charge in [-0.1, -0.05) is 40.9 Å². The summed E-state index contributed by atoms with van der Waals surface area (Å²) in [6.45, 7) is 1.70. The number of anilines is 1. The van der Waals surface area contributed by atoms with E-state index in [0.717, 1.165) is 24.3 Å². The first-order valence-electron chi connectivity index (χ1n) is 11.8. The lowest BCUT2D eigenvalue weighted by Crippen LogP contribution is -2.42. The van der Waals surface area contributed by atoms with Crippen molar-refractivity contribution in [3.63, 3.8) is 0 Å². The molecule has 0 aliphatic carbocycles. The fourth-order valence-electron chi connectivity index (χ4n) is 4.19. The Labute approximate surface area is 230 Å². The minimum atomic E-state index is -0.540. The van der Waals surface area contributed by atoms with Crippen LogP contribution >= 0.6 is 34.8 Å². The molecule has 2 aromatic carbocycles. The van der Waals surface area contributed by atoms with Crippen LogP contribution in [0.15, 0.2) is 54.9 Å². The van der Waals surface area contributed by atoms with Crippen LogP contribution in [0.5, 0.6) is 11.5 Å². The van der Waals surface area contributed by atoms with Crippen LogP contribution in [0.3, 0.4) is 0 Å². The van der Waals surface area contributed by atoms with Crippen molar-refractivity contribution in [1.82, 2.24) is 10.3 Å². The molecule has 2 amide bonds. The number of hydrogen-bond acceptors (Lipinski definition) is 6. The van der Waals surface area contributed by atoms with E-state index in [4.69, 9.17) is 44.3 Å². The molecule has 0 radical (unpaired) electrons. The molecule has 0 spiro atoms. The van der Waals surface area contributed by atoms with Crippen LogP contribution in [0.25, 0.3) is 0 Å². The highest BCUT2D eigenvalue weighted by atomic mass is 35.5. The van der Waals surface area contributed by atoms with Gasteiger partial charge >= 0.3 is 0 Å². The summed E-state index contributed by atoms with van der Waals surface area (Å²) < 4.78 is 11.2. The van der Waals surface area contributed by atoms with Gasteiger partial charge in [0.2, 0.25) is 5.91 Å². The number of amides is 2. The quantitative estimate of drug-likeness (QED) is 0.347. The van der Waals surface area contributed by atoms with E-state index in [2.05, 4.69) is 15.2 Å². The zero-order valence-corrected chi connectivity index (χ0v) is 22.4. The normalized spacial score (nSPS) is 13.8. The maximum Gasteiger partial charge on any atom is 0.258 e. The van der Waals surface area contributed by atoms with Gasteiger partial charge in [0, 0.05) is 59.1 Å². The number of carbonyl (C=O) groups is 2. The Morgan fingerprint density at radius 3 is 2.41 bits per heavy atom. The molecule has 7 nitrogen and oxygen atoms in total. The van der Waals surface area contributed by atoms with Gasteiger partial charge < -0.3 is 14.4 Å². The van der Waals surface area contributed by atoms with Crippen molar-refractivity contribution in [3.05, 3.63) is 81.1 Å². The number of imide groups is 1. The lowest BCUT2D eigenvalue weighted by atomic mass is 9.95. The van der Waals surface area contributed by atoms with Gasteiger partial charge in [-0.15, -0.1) is 0 Å². The Kier molecular flexibility index (Phi) is 9.14. The predicted molar refractivity (Wildman–Crippen MR) is 145 cm³/mol. The summed E-state index contributed by atoms with van der Waals surface area (Å²) in [5.74, 6) is -0.548. The van der Waals surface area contributed by atoms with E-state index in [1.807, 2.05) is 18.2 Å². The molecular weight excluding hydrogens is 537 g/mol. The summed E-state index contributed by atoms with van der Waals surface area (Å²) in [5.41, 5.74) is 2.15. The van der Waals surface area contributed by atoms with Gasteiger partial charge in [0.15, 0.2) is 0 Å². The molecule has 1 aliphatic rings. The van der Waals surface area contributed by atoms with Crippen molar-refractivity contribution in [2.24, 2.45) is 5.92 Å². The maximum absolute atomic E-state index is 13.0. The van der Waals surface area contributed by atoms with Gasteiger partial charge in [-0.05, 0) is 54.8 Å².